The molecule has 1 atom stereocenters. The van der Waals surface area contributed by atoms with E-state index < -0.39 is 8.32 Å². The van der Waals surface area contributed by atoms with Gasteiger partial charge in [0.15, 0.2) is 8.32 Å². The Hall–Kier alpha value is -1.63. The summed E-state index contributed by atoms with van der Waals surface area (Å²) in [6.07, 6.45) is 0.295. The summed E-state index contributed by atoms with van der Waals surface area (Å²) in [5, 5.41) is 11.4. The topological polar surface area (TPSA) is 33.0 Å². The molecule has 0 amide bonds. The number of hydrogen-bond donors (Lipinski definition) is 0. The van der Waals surface area contributed by atoms with E-state index in [2.05, 4.69) is 56.0 Å². The zero-order valence-electron chi connectivity index (χ0n) is 11.7. The maximum absolute atomic E-state index is 8.99. The Bertz CT molecular complexity index is 610. The van der Waals surface area contributed by atoms with E-state index >= 15 is 0 Å². The molecule has 0 radical (unpaired) electrons. The van der Waals surface area contributed by atoms with E-state index in [0.717, 1.165) is 5.56 Å². The first-order valence-electron chi connectivity index (χ1n) is 6.53. The second-order valence-corrected chi connectivity index (χ2v) is 10.1. The highest BCUT2D eigenvalue weighted by atomic mass is 28.4. The second kappa shape index (κ2) is 5.56. The van der Waals surface area contributed by atoms with Gasteiger partial charge in [0.05, 0.1) is 18.6 Å². The minimum absolute atomic E-state index is 0.110. The first-order chi connectivity index (χ1) is 8.99. The average molecular weight is 269 g/mol. The molecule has 0 spiro atoms. The summed E-state index contributed by atoms with van der Waals surface area (Å²) in [4.78, 5) is 0. The number of hydrogen-bond acceptors (Lipinski definition) is 2. The van der Waals surface area contributed by atoms with E-state index in [1.807, 2.05) is 12.1 Å². The first-order valence-corrected chi connectivity index (χ1v) is 9.94. The van der Waals surface area contributed by atoms with Gasteiger partial charge < -0.3 is 4.43 Å². The van der Waals surface area contributed by atoms with Crippen molar-refractivity contribution >= 4 is 19.1 Å². The highest BCUT2D eigenvalue weighted by Gasteiger charge is 2.22. The lowest BCUT2D eigenvalue weighted by Crippen LogP contribution is -2.27. The predicted molar refractivity (Wildman–Crippen MR) is 81.4 cm³/mol. The van der Waals surface area contributed by atoms with Crippen LogP contribution in [0.25, 0.3) is 10.8 Å². The van der Waals surface area contributed by atoms with E-state index in [1.165, 1.54) is 10.8 Å². The van der Waals surface area contributed by atoms with E-state index in [4.69, 9.17) is 9.69 Å². The number of rotatable bonds is 4. The zero-order valence-corrected chi connectivity index (χ0v) is 12.7. The van der Waals surface area contributed by atoms with E-state index in [1.54, 1.807) is 0 Å². The van der Waals surface area contributed by atoms with Crippen LogP contribution in [0.1, 0.15) is 18.1 Å². The smallest absolute Gasteiger partial charge is 0.184 e. The van der Waals surface area contributed by atoms with Crippen molar-refractivity contribution in [2.24, 2.45) is 0 Å². The molecule has 0 heterocycles. The van der Waals surface area contributed by atoms with Gasteiger partial charge in [-0.3, -0.25) is 0 Å². The van der Waals surface area contributed by atoms with Gasteiger partial charge in [0, 0.05) is 0 Å². The average Bonchev–Trinajstić information content (AvgIpc) is 2.36. The van der Waals surface area contributed by atoms with Crippen molar-refractivity contribution in [1.29, 1.82) is 5.26 Å². The largest absolute Gasteiger partial charge is 0.410 e. The SMILES string of the molecule is C[Si](C)(C)OC(CC#N)c1ccc2ccccc2c1. The number of benzene rings is 2. The van der Waals surface area contributed by atoms with Crippen LogP contribution < -0.4 is 0 Å². The third-order valence-corrected chi connectivity index (χ3v) is 3.91. The summed E-state index contributed by atoms with van der Waals surface area (Å²) in [6, 6.07) is 16.8. The molecule has 0 aliphatic rings. The first kappa shape index (κ1) is 13.8. The van der Waals surface area contributed by atoms with Crippen molar-refractivity contribution in [3.8, 4) is 6.07 Å². The molecule has 0 aliphatic heterocycles. The lowest BCUT2D eigenvalue weighted by molar-refractivity contribution is 0.203. The van der Waals surface area contributed by atoms with Crippen LogP contribution in [0.4, 0.5) is 0 Å². The summed E-state index contributed by atoms with van der Waals surface area (Å²) >= 11 is 0. The fourth-order valence-corrected chi connectivity index (χ4v) is 3.22. The molecular formula is C16H19NOSi. The van der Waals surface area contributed by atoms with Crippen LogP contribution in [0, 0.1) is 11.3 Å². The van der Waals surface area contributed by atoms with Crippen LogP contribution in [0.5, 0.6) is 0 Å². The van der Waals surface area contributed by atoms with Crippen LogP contribution >= 0.6 is 0 Å². The van der Waals surface area contributed by atoms with E-state index in [-0.39, 0.29) is 6.10 Å². The molecule has 0 saturated carbocycles. The number of nitrogens with zero attached hydrogens (tertiary/aromatic N) is 1. The monoisotopic (exact) mass is 269 g/mol. The predicted octanol–water partition coefficient (Wildman–Crippen LogP) is 4.65. The Morgan fingerprint density at radius 3 is 2.42 bits per heavy atom. The zero-order chi connectivity index (χ0) is 13.9. The molecule has 0 aliphatic carbocycles. The highest BCUT2D eigenvalue weighted by molar-refractivity contribution is 6.69. The summed E-state index contributed by atoms with van der Waals surface area (Å²) in [6.45, 7) is 6.45. The van der Waals surface area contributed by atoms with Gasteiger partial charge in [-0.05, 0) is 42.0 Å². The summed E-state index contributed by atoms with van der Waals surface area (Å²) < 4.78 is 6.13. The van der Waals surface area contributed by atoms with Gasteiger partial charge >= 0.3 is 0 Å². The highest BCUT2D eigenvalue weighted by Crippen LogP contribution is 2.27. The second-order valence-electron chi connectivity index (χ2n) is 5.69. The molecule has 19 heavy (non-hydrogen) atoms. The van der Waals surface area contributed by atoms with Crippen molar-refractivity contribution in [1.82, 2.24) is 0 Å². The van der Waals surface area contributed by atoms with Crippen molar-refractivity contribution in [2.45, 2.75) is 32.2 Å². The number of nitriles is 1. The third kappa shape index (κ3) is 3.66. The summed E-state index contributed by atoms with van der Waals surface area (Å²) in [5.41, 5.74) is 1.10. The molecule has 98 valence electrons. The Morgan fingerprint density at radius 1 is 1.11 bits per heavy atom. The van der Waals surface area contributed by atoms with Crippen LogP contribution in [0.15, 0.2) is 42.5 Å². The van der Waals surface area contributed by atoms with Crippen LogP contribution in [0.3, 0.4) is 0 Å². The molecule has 2 rings (SSSR count). The minimum Gasteiger partial charge on any atom is -0.410 e. The molecule has 3 heteroatoms. The molecular weight excluding hydrogens is 250 g/mol. The molecule has 2 aromatic rings. The normalized spacial score (nSPS) is 13.2. The molecule has 0 saturated heterocycles. The minimum atomic E-state index is -1.66. The molecule has 1 unspecified atom stereocenters. The van der Waals surface area contributed by atoms with Crippen LogP contribution in [0.2, 0.25) is 19.6 Å². The van der Waals surface area contributed by atoms with Gasteiger partial charge in [-0.25, -0.2) is 0 Å². The van der Waals surface area contributed by atoms with Gasteiger partial charge in [0.2, 0.25) is 0 Å². The Labute approximate surface area is 115 Å². The molecule has 0 N–H and O–H groups in total. The lowest BCUT2D eigenvalue weighted by atomic mass is 10.0. The fourth-order valence-electron chi connectivity index (χ4n) is 2.15. The van der Waals surface area contributed by atoms with Crippen molar-refractivity contribution in [3.63, 3.8) is 0 Å². The molecule has 0 aromatic heterocycles. The maximum Gasteiger partial charge on any atom is 0.184 e. The lowest BCUT2D eigenvalue weighted by Gasteiger charge is -2.25. The van der Waals surface area contributed by atoms with Gasteiger partial charge in [0.25, 0.3) is 0 Å². The summed E-state index contributed by atoms with van der Waals surface area (Å²) in [5.74, 6) is 0. The quantitative estimate of drug-likeness (QED) is 0.757. The Balaban J connectivity index is 2.36. The molecule has 2 aromatic carbocycles. The molecule has 0 bridgehead atoms. The third-order valence-electron chi connectivity index (χ3n) is 2.92. The Kier molecular flexibility index (Phi) is 4.04. The van der Waals surface area contributed by atoms with Crippen molar-refractivity contribution in [2.75, 3.05) is 0 Å². The number of fused-ring (bicyclic) bond motifs is 1. The van der Waals surface area contributed by atoms with E-state index in [9.17, 15) is 0 Å². The molecule has 0 fully saturated rings. The van der Waals surface area contributed by atoms with Crippen LogP contribution in [-0.2, 0) is 4.43 Å². The Morgan fingerprint density at radius 2 is 1.79 bits per heavy atom. The maximum atomic E-state index is 8.99. The van der Waals surface area contributed by atoms with Gasteiger partial charge in [-0.2, -0.15) is 5.26 Å². The standard InChI is InChI=1S/C16H19NOSi/c1-19(2,3)18-16(10-11-17)15-9-8-13-6-4-5-7-14(13)12-15/h4-9,12,16H,10H2,1-3H3. The van der Waals surface area contributed by atoms with Gasteiger partial charge in [-0.1, -0.05) is 36.4 Å². The fraction of sp³-hybridized carbons (Fsp3) is 0.312. The van der Waals surface area contributed by atoms with Gasteiger partial charge in [-0.15, -0.1) is 0 Å². The van der Waals surface area contributed by atoms with Crippen LogP contribution in [-0.4, -0.2) is 8.32 Å². The van der Waals surface area contributed by atoms with Gasteiger partial charge in [0.1, 0.15) is 0 Å². The molecule has 2 nitrogen and oxygen atoms in total. The summed E-state index contributed by atoms with van der Waals surface area (Å²) in [7, 11) is -1.66. The van der Waals surface area contributed by atoms with Crippen molar-refractivity contribution in [3.05, 3.63) is 48.0 Å². The van der Waals surface area contributed by atoms with Crippen molar-refractivity contribution < 1.29 is 4.43 Å². The van der Waals surface area contributed by atoms with E-state index in [0.29, 0.717) is 6.42 Å².